The van der Waals surface area contributed by atoms with Crippen LogP contribution in [0.5, 0.6) is 0 Å². The van der Waals surface area contributed by atoms with Gasteiger partial charge in [-0.25, -0.2) is 9.37 Å². The summed E-state index contributed by atoms with van der Waals surface area (Å²) in [5.74, 6) is -0.412. The Morgan fingerprint density at radius 1 is 0.962 bits per heavy atom. The summed E-state index contributed by atoms with van der Waals surface area (Å²) in [6.45, 7) is 1.05. The van der Waals surface area contributed by atoms with E-state index in [1.807, 2.05) is 36.4 Å². The molecule has 26 heavy (non-hydrogen) atoms. The molecule has 2 N–H and O–H groups in total. The fourth-order valence-corrected chi connectivity index (χ4v) is 2.54. The van der Waals surface area contributed by atoms with Gasteiger partial charge in [0.25, 0.3) is 5.91 Å². The van der Waals surface area contributed by atoms with Gasteiger partial charge in [0.1, 0.15) is 11.5 Å². The highest BCUT2D eigenvalue weighted by molar-refractivity contribution is 5.92. The number of nitrogens with zero attached hydrogens (tertiary/aromatic N) is 1. The van der Waals surface area contributed by atoms with Crippen molar-refractivity contribution in [3.05, 3.63) is 95.6 Å². The minimum absolute atomic E-state index is 0.196. The van der Waals surface area contributed by atoms with Crippen LogP contribution in [0.25, 0.3) is 0 Å². The van der Waals surface area contributed by atoms with Crippen LogP contribution in [0.3, 0.4) is 0 Å². The Bertz CT molecular complexity index is 851. The molecule has 0 atom stereocenters. The molecule has 3 rings (SSSR count). The number of amides is 1. The summed E-state index contributed by atoms with van der Waals surface area (Å²) in [4.78, 5) is 16.3. The maximum absolute atomic E-state index is 13.6. The lowest BCUT2D eigenvalue weighted by Crippen LogP contribution is -2.23. The molecule has 4 nitrogen and oxygen atoms in total. The maximum Gasteiger partial charge on any atom is 0.270 e. The molecule has 1 aromatic heterocycles. The minimum Gasteiger partial charge on any atom is -0.383 e. The molecule has 0 aliphatic heterocycles. The van der Waals surface area contributed by atoms with E-state index in [9.17, 15) is 9.18 Å². The number of hydrogen-bond donors (Lipinski definition) is 2. The largest absolute Gasteiger partial charge is 0.383 e. The molecule has 2 aromatic carbocycles. The van der Waals surface area contributed by atoms with Crippen molar-refractivity contribution in [1.82, 2.24) is 10.3 Å². The lowest BCUT2D eigenvalue weighted by molar-refractivity contribution is 0.0946. The van der Waals surface area contributed by atoms with Crippen LogP contribution >= 0.6 is 0 Å². The van der Waals surface area contributed by atoms with Gasteiger partial charge >= 0.3 is 0 Å². The third kappa shape index (κ3) is 4.89. The van der Waals surface area contributed by atoms with Crippen LogP contribution in [-0.2, 0) is 13.0 Å². The van der Waals surface area contributed by atoms with Gasteiger partial charge in [-0.2, -0.15) is 0 Å². The van der Waals surface area contributed by atoms with E-state index in [1.54, 1.807) is 30.5 Å². The van der Waals surface area contributed by atoms with Gasteiger partial charge in [0.05, 0.1) is 11.9 Å². The molecule has 0 spiro atoms. The van der Waals surface area contributed by atoms with Crippen molar-refractivity contribution in [3.8, 4) is 0 Å². The monoisotopic (exact) mass is 349 g/mol. The van der Waals surface area contributed by atoms with E-state index in [4.69, 9.17) is 0 Å². The summed E-state index contributed by atoms with van der Waals surface area (Å²) in [6, 6.07) is 19.9. The Balaban J connectivity index is 1.48. The SMILES string of the molecule is O=C(NCc1ccccc1)c1ccc(NCCc2ccccc2F)cn1. The van der Waals surface area contributed by atoms with E-state index in [-0.39, 0.29) is 11.7 Å². The molecular formula is C21H20FN3O. The fourth-order valence-electron chi connectivity index (χ4n) is 2.54. The quantitative estimate of drug-likeness (QED) is 0.682. The van der Waals surface area contributed by atoms with Gasteiger partial charge in [0.15, 0.2) is 0 Å². The lowest BCUT2D eigenvalue weighted by Gasteiger charge is -2.08. The fraction of sp³-hybridized carbons (Fsp3) is 0.143. The number of hydrogen-bond acceptors (Lipinski definition) is 3. The second kappa shape index (κ2) is 8.76. The number of benzene rings is 2. The highest BCUT2D eigenvalue weighted by Crippen LogP contribution is 2.10. The van der Waals surface area contributed by atoms with E-state index >= 15 is 0 Å². The van der Waals surface area contributed by atoms with Crippen LogP contribution < -0.4 is 10.6 Å². The first-order chi connectivity index (χ1) is 12.7. The molecule has 5 heteroatoms. The van der Waals surface area contributed by atoms with Crippen LogP contribution in [0.1, 0.15) is 21.6 Å². The molecule has 0 saturated heterocycles. The van der Waals surface area contributed by atoms with Crippen LogP contribution in [-0.4, -0.2) is 17.4 Å². The number of rotatable bonds is 7. The molecule has 0 aliphatic carbocycles. The average Bonchev–Trinajstić information content (AvgIpc) is 2.69. The van der Waals surface area contributed by atoms with Gasteiger partial charge in [-0.05, 0) is 35.7 Å². The van der Waals surface area contributed by atoms with Gasteiger partial charge in [-0.15, -0.1) is 0 Å². The van der Waals surface area contributed by atoms with Gasteiger partial charge in [0.2, 0.25) is 0 Å². The van der Waals surface area contributed by atoms with Gasteiger partial charge < -0.3 is 10.6 Å². The molecule has 0 aliphatic rings. The molecular weight excluding hydrogens is 329 g/mol. The normalized spacial score (nSPS) is 10.3. The van der Waals surface area contributed by atoms with Crippen molar-refractivity contribution >= 4 is 11.6 Å². The van der Waals surface area contributed by atoms with Crippen LogP contribution in [0.15, 0.2) is 72.9 Å². The molecule has 1 amide bonds. The molecule has 132 valence electrons. The molecule has 0 unspecified atom stereocenters. The summed E-state index contributed by atoms with van der Waals surface area (Å²) < 4.78 is 13.6. The standard InChI is InChI=1S/C21H20FN3O/c22-19-9-5-4-8-17(19)12-13-23-18-10-11-20(24-15-18)21(26)25-14-16-6-2-1-3-7-16/h1-11,15,23H,12-14H2,(H,25,26). The number of pyridine rings is 1. The van der Waals surface area contributed by atoms with E-state index in [1.165, 1.54) is 6.07 Å². The summed E-state index contributed by atoms with van der Waals surface area (Å²) in [5, 5.41) is 6.03. The van der Waals surface area contributed by atoms with E-state index < -0.39 is 0 Å². The molecule has 0 radical (unpaired) electrons. The maximum atomic E-state index is 13.6. The van der Waals surface area contributed by atoms with Crippen molar-refractivity contribution in [2.24, 2.45) is 0 Å². The first-order valence-corrected chi connectivity index (χ1v) is 8.48. The molecule has 0 fully saturated rings. The first kappa shape index (κ1) is 17.6. The Morgan fingerprint density at radius 2 is 1.73 bits per heavy atom. The van der Waals surface area contributed by atoms with Crippen LogP contribution in [0.2, 0.25) is 0 Å². The summed E-state index contributed by atoms with van der Waals surface area (Å²) in [7, 11) is 0. The smallest absolute Gasteiger partial charge is 0.270 e. The summed E-state index contributed by atoms with van der Waals surface area (Å²) in [6.07, 6.45) is 2.19. The number of carbonyl (C=O) groups is 1. The molecule has 0 bridgehead atoms. The van der Waals surface area contributed by atoms with Crippen molar-refractivity contribution in [2.75, 3.05) is 11.9 Å². The first-order valence-electron chi connectivity index (χ1n) is 8.48. The van der Waals surface area contributed by atoms with Crippen molar-refractivity contribution in [3.63, 3.8) is 0 Å². The van der Waals surface area contributed by atoms with Crippen molar-refractivity contribution in [1.29, 1.82) is 0 Å². The summed E-state index contributed by atoms with van der Waals surface area (Å²) >= 11 is 0. The number of halogens is 1. The van der Waals surface area contributed by atoms with Crippen molar-refractivity contribution < 1.29 is 9.18 Å². The van der Waals surface area contributed by atoms with Crippen LogP contribution in [0, 0.1) is 5.82 Å². The molecule has 0 saturated carbocycles. The zero-order chi connectivity index (χ0) is 18.2. The number of anilines is 1. The van der Waals surface area contributed by atoms with E-state index in [2.05, 4.69) is 15.6 Å². The zero-order valence-corrected chi connectivity index (χ0v) is 14.3. The second-order valence-corrected chi connectivity index (χ2v) is 5.87. The Hall–Kier alpha value is -3.21. The summed E-state index contributed by atoms with van der Waals surface area (Å²) in [5.41, 5.74) is 2.86. The Morgan fingerprint density at radius 3 is 2.46 bits per heavy atom. The van der Waals surface area contributed by atoms with Gasteiger partial charge in [0, 0.05) is 13.1 Å². The molecule has 3 aromatic rings. The lowest BCUT2D eigenvalue weighted by atomic mass is 10.1. The topological polar surface area (TPSA) is 54.0 Å². The third-order valence-corrected chi connectivity index (χ3v) is 3.97. The van der Waals surface area contributed by atoms with Gasteiger partial charge in [-0.3, -0.25) is 4.79 Å². The highest BCUT2D eigenvalue weighted by Gasteiger charge is 2.07. The molecule has 1 heterocycles. The Labute approximate surface area is 152 Å². The van der Waals surface area contributed by atoms with Crippen molar-refractivity contribution in [2.45, 2.75) is 13.0 Å². The average molecular weight is 349 g/mol. The van der Waals surface area contributed by atoms with Gasteiger partial charge in [-0.1, -0.05) is 48.5 Å². The highest BCUT2D eigenvalue weighted by atomic mass is 19.1. The second-order valence-electron chi connectivity index (χ2n) is 5.87. The number of nitrogens with one attached hydrogen (secondary N) is 2. The Kier molecular flexibility index (Phi) is 5.93. The number of carbonyl (C=O) groups excluding carboxylic acids is 1. The van der Waals surface area contributed by atoms with E-state index in [0.717, 1.165) is 11.3 Å². The predicted molar refractivity (Wildman–Crippen MR) is 100 cm³/mol. The van der Waals surface area contributed by atoms with Crippen LogP contribution in [0.4, 0.5) is 10.1 Å². The third-order valence-electron chi connectivity index (χ3n) is 3.97. The van der Waals surface area contributed by atoms with E-state index in [0.29, 0.717) is 30.8 Å². The minimum atomic E-state index is -0.216. The zero-order valence-electron chi connectivity index (χ0n) is 14.3. The predicted octanol–water partition coefficient (Wildman–Crippen LogP) is 3.81. The number of aromatic nitrogens is 1.